The molecule has 9 heteroatoms. The van der Waals surface area contributed by atoms with Crippen molar-refractivity contribution < 1.29 is 8.42 Å². The fourth-order valence-electron chi connectivity index (χ4n) is 1.68. The van der Waals surface area contributed by atoms with E-state index in [9.17, 15) is 13.2 Å². The highest BCUT2D eigenvalue weighted by Gasteiger charge is 2.07. The molecule has 1 aromatic heterocycles. The quantitative estimate of drug-likeness (QED) is 0.718. The van der Waals surface area contributed by atoms with Gasteiger partial charge in [-0.1, -0.05) is 12.1 Å². The highest BCUT2D eigenvalue weighted by molar-refractivity contribution is 9.10. The summed E-state index contributed by atoms with van der Waals surface area (Å²) in [5, 5.41) is 8.05. The molecule has 2 aromatic rings. The summed E-state index contributed by atoms with van der Waals surface area (Å²) in [6, 6.07) is 6.32. The van der Waals surface area contributed by atoms with Crippen LogP contribution in [-0.4, -0.2) is 24.9 Å². The molecule has 0 aliphatic heterocycles. The molecule has 0 aliphatic rings. The number of aromatic amines is 1. The smallest absolute Gasteiger partial charge is 0.267 e. The van der Waals surface area contributed by atoms with E-state index < -0.39 is 10.0 Å². The van der Waals surface area contributed by atoms with Gasteiger partial charge in [0.25, 0.3) is 5.56 Å². The van der Waals surface area contributed by atoms with Gasteiger partial charge in [0, 0.05) is 6.54 Å². The summed E-state index contributed by atoms with van der Waals surface area (Å²) in [5.41, 5.74) is 0.681. The Labute approximate surface area is 129 Å². The van der Waals surface area contributed by atoms with Crippen LogP contribution in [-0.2, 0) is 16.4 Å². The fraction of sp³-hybridized carbons (Fsp3) is 0.167. The molecule has 0 unspecified atom stereocenters. The van der Waals surface area contributed by atoms with Gasteiger partial charge in [-0.15, -0.1) is 0 Å². The van der Waals surface area contributed by atoms with Gasteiger partial charge in [0.15, 0.2) is 0 Å². The Morgan fingerprint density at radius 3 is 2.57 bits per heavy atom. The average molecular weight is 373 g/mol. The summed E-state index contributed by atoms with van der Waals surface area (Å²) >= 11 is 3.15. The molecule has 4 N–H and O–H groups in total. The van der Waals surface area contributed by atoms with E-state index in [1.165, 1.54) is 18.5 Å². The molecule has 0 radical (unpaired) electrons. The van der Waals surface area contributed by atoms with Crippen molar-refractivity contribution in [2.24, 2.45) is 5.14 Å². The number of hydrogen-bond donors (Lipinski definition) is 3. The lowest BCUT2D eigenvalue weighted by Crippen LogP contribution is -2.14. The van der Waals surface area contributed by atoms with Gasteiger partial charge in [0.1, 0.15) is 10.3 Å². The van der Waals surface area contributed by atoms with Crippen molar-refractivity contribution in [1.29, 1.82) is 0 Å². The minimum atomic E-state index is -3.66. The van der Waals surface area contributed by atoms with Crippen molar-refractivity contribution in [3.05, 3.63) is 51.0 Å². The molecule has 21 heavy (non-hydrogen) atoms. The third-order valence-corrected chi connectivity index (χ3v) is 4.42. The van der Waals surface area contributed by atoms with E-state index in [1.807, 2.05) is 0 Å². The first kappa shape index (κ1) is 15.7. The number of nitrogens with one attached hydrogen (secondary N) is 2. The summed E-state index contributed by atoms with van der Waals surface area (Å²) in [5.74, 6) is 0.458. The maximum Gasteiger partial charge on any atom is 0.267 e. The number of halogens is 1. The van der Waals surface area contributed by atoms with Crippen LogP contribution >= 0.6 is 15.9 Å². The number of sulfonamides is 1. The second-order valence-corrected chi connectivity index (χ2v) is 6.61. The van der Waals surface area contributed by atoms with Crippen LogP contribution in [0.4, 0.5) is 5.82 Å². The zero-order valence-electron chi connectivity index (χ0n) is 10.8. The van der Waals surface area contributed by atoms with Gasteiger partial charge in [-0.3, -0.25) is 4.79 Å². The van der Waals surface area contributed by atoms with Crippen LogP contribution in [0.15, 0.2) is 44.8 Å². The summed E-state index contributed by atoms with van der Waals surface area (Å²) < 4.78 is 22.6. The SMILES string of the molecule is NS(=O)(=O)c1ccc(CCNc2nc[nH]c(=O)c2Br)cc1. The molecule has 0 fully saturated rings. The van der Waals surface area contributed by atoms with Crippen LogP contribution in [0.5, 0.6) is 0 Å². The molecule has 0 spiro atoms. The normalized spacial score (nSPS) is 11.3. The summed E-state index contributed by atoms with van der Waals surface area (Å²) in [4.78, 5) is 17.9. The topological polar surface area (TPSA) is 118 Å². The van der Waals surface area contributed by atoms with Gasteiger partial charge in [-0.05, 0) is 40.0 Å². The fourth-order valence-corrected chi connectivity index (χ4v) is 2.55. The highest BCUT2D eigenvalue weighted by atomic mass is 79.9. The lowest BCUT2D eigenvalue weighted by Gasteiger charge is -2.07. The Balaban J connectivity index is 1.98. The first-order chi connectivity index (χ1) is 9.88. The second kappa shape index (κ2) is 6.37. The second-order valence-electron chi connectivity index (χ2n) is 4.26. The van der Waals surface area contributed by atoms with E-state index in [0.717, 1.165) is 5.56 Å². The third-order valence-electron chi connectivity index (χ3n) is 2.75. The summed E-state index contributed by atoms with van der Waals surface area (Å²) in [7, 11) is -3.66. The average Bonchev–Trinajstić information content (AvgIpc) is 2.43. The van der Waals surface area contributed by atoms with E-state index in [4.69, 9.17) is 5.14 Å². The number of nitrogens with two attached hydrogens (primary N) is 1. The Hall–Kier alpha value is -1.71. The lowest BCUT2D eigenvalue weighted by atomic mass is 10.1. The van der Waals surface area contributed by atoms with Crippen molar-refractivity contribution in [2.75, 3.05) is 11.9 Å². The van der Waals surface area contributed by atoms with Crippen molar-refractivity contribution in [2.45, 2.75) is 11.3 Å². The van der Waals surface area contributed by atoms with Crippen LogP contribution < -0.4 is 16.0 Å². The van der Waals surface area contributed by atoms with Crippen LogP contribution in [0.3, 0.4) is 0 Å². The zero-order chi connectivity index (χ0) is 15.5. The minimum Gasteiger partial charge on any atom is -0.369 e. The van der Waals surface area contributed by atoms with E-state index >= 15 is 0 Å². The largest absolute Gasteiger partial charge is 0.369 e. The Bertz CT molecular complexity index is 787. The standard InChI is InChI=1S/C12H13BrN4O3S/c13-10-11(16-7-17-12(10)18)15-6-5-8-1-3-9(4-2-8)21(14,19)20/h1-4,7H,5-6H2,(H2,14,19,20)(H2,15,16,17,18). The third kappa shape index (κ3) is 4.13. The van der Waals surface area contributed by atoms with Gasteiger partial charge < -0.3 is 10.3 Å². The molecule has 2 rings (SSSR count). The van der Waals surface area contributed by atoms with E-state index in [0.29, 0.717) is 23.3 Å². The molecule has 0 saturated carbocycles. The first-order valence-electron chi connectivity index (χ1n) is 5.97. The Morgan fingerprint density at radius 1 is 1.29 bits per heavy atom. The van der Waals surface area contributed by atoms with Gasteiger partial charge in [0.05, 0.1) is 11.2 Å². The van der Waals surface area contributed by atoms with Gasteiger partial charge in [0.2, 0.25) is 10.0 Å². The predicted molar refractivity (Wildman–Crippen MR) is 82.6 cm³/mol. The zero-order valence-corrected chi connectivity index (χ0v) is 13.2. The number of rotatable bonds is 5. The number of benzene rings is 1. The van der Waals surface area contributed by atoms with Crippen molar-refractivity contribution in [1.82, 2.24) is 9.97 Å². The monoisotopic (exact) mass is 372 g/mol. The number of primary sulfonamides is 1. The van der Waals surface area contributed by atoms with Gasteiger partial charge in [-0.2, -0.15) is 0 Å². The summed E-state index contributed by atoms with van der Waals surface area (Å²) in [6.45, 7) is 0.545. The molecule has 1 aromatic carbocycles. The highest BCUT2D eigenvalue weighted by Crippen LogP contribution is 2.13. The van der Waals surface area contributed by atoms with Crippen molar-refractivity contribution in [3.8, 4) is 0 Å². The molecule has 112 valence electrons. The predicted octanol–water partition coefficient (Wildman–Crippen LogP) is 0.834. The molecule has 0 atom stereocenters. The van der Waals surface area contributed by atoms with Crippen LogP contribution in [0.25, 0.3) is 0 Å². The molecule has 7 nitrogen and oxygen atoms in total. The molecule has 0 amide bonds. The molecule has 1 heterocycles. The molecule has 0 bridgehead atoms. The van der Waals surface area contributed by atoms with E-state index in [2.05, 4.69) is 31.2 Å². The van der Waals surface area contributed by atoms with Gasteiger partial charge >= 0.3 is 0 Å². The van der Waals surface area contributed by atoms with E-state index in [1.54, 1.807) is 12.1 Å². The lowest BCUT2D eigenvalue weighted by molar-refractivity contribution is 0.598. The number of anilines is 1. The number of aromatic nitrogens is 2. The van der Waals surface area contributed by atoms with Crippen LogP contribution in [0.2, 0.25) is 0 Å². The number of nitrogens with zero attached hydrogens (tertiary/aromatic N) is 1. The number of H-pyrrole nitrogens is 1. The van der Waals surface area contributed by atoms with Crippen LogP contribution in [0, 0.1) is 0 Å². The van der Waals surface area contributed by atoms with Crippen LogP contribution in [0.1, 0.15) is 5.56 Å². The van der Waals surface area contributed by atoms with Gasteiger partial charge in [-0.25, -0.2) is 18.5 Å². The van der Waals surface area contributed by atoms with Crippen molar-refractivity contribution in [3.63, 3.8) is 0 Å². The van der Waals surface area contributed by atoms with E-state index in [-0.39, 0.29) is 10.5 Å². The molecule has 0 saturated heterocycles. The van der Waals surface area contributed by atoms with Crippen molar-refractivity contribution >= 4 is 31.8 Å². The molecular formula is C12H13BrN4O3S. The summed E-state index contributed by atoms with van der Waals surface area (Å²) in [6.07, 6.45) is 1.96. The minimum absolute atomic E-state index is 0.0817. The molecular weight excluding hydrogens is 360 g/mol. The number of hydrogen-bond acceptors (Lipinski definition) is 5. The molecule has 0 aliphatic carbocycles. The first-order valence-corrected chi connectivity index (χ1v) is 8.30. The Kier molecular flexibility index (Phi) is 4.76. The maximum absolute atomic E-state index is 11.4. The Morgan fingerprint density at radius 2 is 1.95 bits per heavy atom. The maximum atomic E-state index is 11.4.